The lowest BCUT2D eigenvalue weighted by atomic mass is 10.1. The molecule has 0 amide bonds. The first kappa shape index (κ1) is 15.9. The monoisotopic (exact) mass is 291 g/mol. The van der Waals surface area contributed by atoms with Gasteiger partial charge >= 0.3 is 0 Å². The molecule has 0 spiro atoms. The Kier molecular flexibility index (Phi) is 8.63. The molecule has 0 aromatic carbocycles. The molecule has 0 aliphatic rings. The van der Waals surface area contributed by atoms with E-state index in [1.54, 1.807) is 18.4 Å². The molecular formula is C13H22ClNO2S. The van der Waals surface area contributed by atoms with Gasteiger partial charge in [-0.15, -0.1) is 11.3 Å². The molecule has 0 aliphatic heterocycles. The standard InChI is InChI=1S/C13H22ClNO2S/c1-3-6-15-12(4-7-17-9-8-16-2)13-11(14)5-10-18-13/h5,10,12,15H,3-4,6-9H2,1-2H3. The maximum atomic E-state index is 6.19. The highest BCUT2D eigenvalue weighted by Crippen LogP contribution is 2.30. The van der Waals surface area contributed by atoms with Crippen LogP contribution in [0.3, 0.4) is 0 Å². The van der Waals surface area contributed by atoms with Crippen LogP contribution in [-0.4, -0.2) is 33.5 Å². The maximum absolute atomic E-state index is 6.19. The van der Waals surface area contributed by atoms with Crippen LogP contribution >= 0.6 is 22.9 Å². The van der Waals surface area contributed by atoms with Crippen molar-refractivity contribution >= 4 is 22.9 Å². The number of nitrogens with one attached hydrogen (secondary N) is 1. The van der Waals surface area contributed by atoms with Crippen molar-refractivity contribution in [3.63, 3.8) is 0 Å². The number of ether oxygens (including phenoxy) is 2. The first-order valence-electron chi connectivity index (χ1n) is 6.32. The molecule has 1 rings (SSSR count). The Labute approximate surface area is 118 Å². The molecule has 1 unspecified atom stereocenters. The van der Waals surface area contributed by atoms with Crippen LogP contribution in [0, 0.1) is 0 Å². The zero-order chi connectivity index (χ0) is 13.2. The molecule has 1 heterocycles. The molecule has 0 saturated heterocycles. The van der Waals surface area contributed by atoms with Gasteiger partial charge in [-0.3, -0.25) is 0 Å². The van der Waals surface area contributed by atoms with Crippen molar-refractivity contribution in [2.45, 2.75) is 25.8 Å². The minimum Gasteiger partial charge on any atom is -0.382 e. The number of methoxy groups -OCH3 is 1. The second-order valence-electron chi connectivity index (χ2n) is 4.03. The molecule has 3 nitrogen and oxygen atoms in total. The lowest BCUT2D eigenvalue weighted by Crippen LogP contribution is -2.23. The van der Waals surface area contributed by atoms with E-state index in [4.69, 9.17) is 21.1 Å². The van der Waals surface area contributed by atoms with E-state index in [0.29, 0.717) is 19.3 Å². The Bertz CT molecular complexity index is 320. The van der Waals surface area contributed by atoms with Gasteiger partial charge in [-0.2, -0.15) is 0 Å². The molecule has 0 saturated carbocycles. The Morgan fingerprint density at radius 3 is 2.83 bits per heavy atom. The van der Waals surface area contributed by atoms with Crippen molar-refractivity contribution < 1.29 is 9.47 Å². The lowest BCUT2D eigenvalue weighted by Gasteiger charge is -2.17. The summed E-state index contributed by atoms with van der Waals surface area (Å²) in [6, 6.07) is 2.24. The van der Waals surface area contributed by atoms with Gasteiger partial charge < -0.3 is 14.8 Å². The molecule has 0 bridgehead atoms. The van der Waals surface area contributed by atoms with Crippen LogP contribution < -0.4 is 5.32 Å². The number of thiophene rings is 1. The average Bonchev–Trinajstić information content (AvgIpc) is 2.79. The van der Waals surface area contributed by atoms with E-state index in [-0.39, 0.29) is 0 Å². The zero-order valence-corrected chi connectivity index (χ0v) is 12.6. The van der Waals surface area contributed by atoms with Crippen LogP contribution in [0.25, 0.3) is 0 Å². The van der Waals surface area contributed by atoms with E-state index < -0.39 is 0 Å². The van der Waals surface area contributed by atoms with Gasteiger partial charge in [0.25, 0.3) is 0 Å². The lowest BCUT2D eigenvalue weighted by molar-refractivity contribution is 0.0659. The van der Waals surface area contributed by atoms with Crippen molar-refractivity contribution in [3.8, 4) is 0 Å². The molecule has 0 radical (unpaired) electrons. The van der Waals surface area contributed by atoms with E-state index in [0.717, 1.165) is 31.0 Å². The molecule has 1 aromatic rings. The van der Waals surface area contributed by atoms with Crippen molar-refractivity contribution in [3.05, 3.63) is 21.3 Å². The fraction of sp³-hybridized carbons (Fsp3) is 0.692. The van der Waals surface area contributed by atoms with E-state index in [1.165, 1.54) is 4.88 Å². The van der Waals surface area contributed by atoms with Crippen LogP contribution in [0.1, 0.15) is 30.7 Å². The third kappa shape index (κ3) is 5.67. The second-order valence-corrected chi connectivity index (χ2v) is 5.39. The number of hydrogen-bond donors (Lipinski definition) is 1. The van der Waals surface area contributed by atoms with Gasteiger partial charge in [0.2, 0.25) is 0 Å². The smallest absolute Gasteiger partial charge is 0.0700 e. The SMILES string of the molecule is CCCNC(CCOCCOC)c1sccc1Cl. The molecule has 0 fully saturated rings. The summed E-state index contributed by atoms with van der Waals surface area (Å²) in [6.07, 6.45) is 2.05. The third-order valence-corrected chi connectivity index (χ3v) is 4.06. The molecule has 0 aliphatic carbocycles. The summed E-state index contributed by atoms with van der Waals surface area (Å²) < 4.78 is 10.5. The number of halogens is 1. The van der Waals surface area contributed by atoms with E-state index in [2.05, 4.69) is 12.2 Å². The molecule has 1 atom stereocenters. The normalized spacial score (nSPS) is 12.8. The van der Waals surface area contributed by atoms with Gasteiger partial charge in [0.15, 0.2) is 0 Å². The number of hydrogen-bond acceptors (Lipinski definition) is 4. The van der Waals surface area contributed by atoms with Gasteiger partial charge in [0.1, 0.15) is 0 Å². The summed E-state index contributed by atoms with van der Waals surface area (Å²) >= 11 is 7.89. The van der Waals surface area contributed by atoms with Crippen LogP contribution in [0.4, 0.5) is 0 Å². The molecule has 5 heteroatoms. The third-order valence-electron chi connectivity index (χ3n) is 2.58. The summed E-state index contributed by atoms with van der Waals surface area (Å²) in [5.41, 5.74) is 0. The quantitative estimate of drug-likeness (QED) is 0.669. The van der Waals surface area contributed by atoms with Crippen LogP contribution in [-0.2, 0) is 9.47 Å². The summed E-state index contributed by atoms with van der Waals surface area (Å²) in [4.78, 5) is 1.21. The first-order chi connectivity index (χ1) is 8.79. The van der Waals surface area contributed by atoms with Crippen molar-refractivity contribution in [1.82, 2.24) is 5.32 Å². The van der Waals surface area contributed by atoms with Crippen molar-refractivity contribution in [2.75, 3.05) is 33.5 Å². The van der Waals surface area contributed by atoms with E-state index >= 15 is 0 Å². The van der Waals surface area contributed by atoms with E-state index in [9.17, 15) is 0 Å². The van der Waals surface area contributed by atoms with Crippen LogP contribution in [0.2, 0.25) is 5.02 Å². The van der Waals surface area contributed by atoms with Gasteiger partial charge in [-0.05, 0) is 30.8 Å². The highest BCUT2D eigenvalue weighted by Gasteiger charge is 2.15. The van der Waals surface area contributed by atoms with Gasteiger partial charge in [0.05, 0.1) is 18.2 Å². The summed E-state index contributed by atoms with van der Waals surface area (Å²) in [7, 11) is 1.68. The average molecular weight is 292 g/mol. The highest BCUT2D eigenvalue weighted by atomic mass is 35.5. The van der Waals surface area contributed by atoms with E-state index in [1.807, 2.05) is 11.4 Å². The van der Waals surface area contributed by atoms with Crippen LogP contribution in [0.15, 0.2) is 11.4 Å². The Morgan fingerprint density at radius 1 is 1.39 bits per heavy atom. The molecule has 1 aromatic heterocycles. The Balaban J connectivity index is 2.39. The topological polar surface area (TPSA) is 30.5 Å². The fourth-order valence-corrected chi connectivity index (χ4v) is 2.94. The predicted molar refractivity (Wildman–Crippen MR) is 77.7 cm³/mol. The predicted octanol–water partition coefficient (Wildman–Crippen LogP) is 3.50. The second kappa shape index (κ2) is 9.75. The molecule has 1 N–H and O–H groups in total. The van der Waals surface area contributed by atoms with Crippen molar-refractivity contribution in [2.24, 2.45) is 0 Å². The molecule has 18 heavy (non-hydrogen) atoms. The maximum Gasteiger partial charge on any atom is 0.0700 e. The number of rotatable bonds is 10. The highest BCUT2D eigenvalue weighted by molar-refractivity contribution is 7.10. The molecular weight excluding hydrogens is 270 g/mol. The molecule has 104 valence electrons. The van der Waals surface area contributed by atoms with Crippen LogP contribution in [0.5, 0.6) is 0 Å². The fourth-order valence-electron chi connectivity index (χ4n) is 1.64. The van der Waals surface area contributed by atoms with Gasteiger partial charge in [0, 0.05) is 24.6 Å². The Hall–Kier alpha value is -0.130. The summed E-state index contributed by atoms with van der Waals surface area (Å²) in [6.45, 7) is 5.17. The van der Waals surface area contributed by atoms with Crippen molar-refractivity contribution in [1.29, 1.82) is 0 Å². The first-order valence-corrected chi connectivity index (χ1v) is 7.58. The zero-order valence-electron chi connectivity index (χ0n) is 11.1. The van der Waals surface area contributed by atoms with Gasteiger partial charge in [-0.25, -0.2) is 0 Å². The summed E-state index contributed by atoms with van der Waals surface area (Å²) in [5.74, 6) is 0. The largest absolute Gasteiger partial charge is 0.382 e. The van der Waals surface area contributed by atoms with Gasteiger partial charge in [-0.1, -0.05) is 18.5 Å². The minimum absolute atomic E-state index is 0.292. The Morgan fingerprint density at radius 2 is 2.22 bits per heavy atom. The minimum atomic E-state index is 0.292. The summed E-state index contributed by atoms with van der Waals surface area (Å²) in [5, 5.41) is 6.40.